The third kappa shape index (κ3) is 10.1. The van der Waals surface area contributed by atoms with Crippen molar-refractivity contribution >= 4 is 11.8 Å². The van der Waals surface area contributed by atoms with Gasteiger partial charge in [0.2, 0.25) is 0 Å². The summed E-state index contributed by atoms with van der Waals surface area (Å²) in [6.07, 6.45) is 5.62. The zero-order valence-corrected chi connectivity index (χ0v) is 21.4. The van der Waals surface area contributed by atoms with Crippen molar-refractivity contribution in [2.24, 2.45) is 11.8 Å². The molecule has 0 saturated heterocycles. The molecule has 0 aliphatic heterocycles. The summed E-state index contributed by atoms with van der Waals surface area (Å²) in [5, 5.41) is 18.9. The molecule has 2 unspecified atom stereocenters. The fraction of sp³-hybridized carbons (Fsp3) is 0.448. The van der Waals surface area contributed by atoms with Crippen molar-refractivity contribution < 1.29 is 14.9 Å². The number of methoxy groups -OCH3 is 1. The highest BCUT2D eigenvalue weighted by Gasteiger charge is 2.12. The van der Waals surface area contributed by atoms with Crippen LogP contribution in [0.2, 0.25) is 0 Å². The Hall–Kier alpha value is -2.68. The summed E-state index contributed by atoms with van der Waals surface area (Å²) in [5.74, 6) is 3.46. The van der Waals surface area contributed by atoms with E-state index in [0.717, 1.165) is 17.6 Å². The van der Waals surface area contributed by atoms with Gasteiger partial charge in [0.1, 0.15) is 17.3 Å². The molecule has 3 heteroatoms. The first-order chi connectivity index (χ1) is 15.2. The Bertz CT molecular complexity index is 804. The van der Waals surface area contributed by atoms with Crippen LogP contribution in [0, 0.1) is 11.8 Å². The van der Waals surface area contributed by atoms with Crippen molar-refractivity contribution in [2.75, 3.05) is 7.11 Å². The average Bonchev–Trinajstić information content (AvgIpc) is 2.83. The van der Waals surface area contributed by atoms with Gasteiger partial charge in [-0.15, -0.1) is 0 Å². The molecule has 0 heterocycles. The lowest BCUT2D eigenvalue weighted by molar-refractivity contribution is 0.414. The monoisotopic (exact) mass is 440 g/mol. The van der Waals surface area contributed by atoms with E-state index in [2.05, 4.69) is 60.3 Å². The van der Waals surface area contributed by atoms with Crippen LogP contribution in [0.5, 0.6) is 11.5 Å². The maximum Gasteiger partial charge on any atom is 0.123 e. The fourth-order valence-corrected chi connectivity index (χ4v) is 2.74. The maximum atomic E-state index is 9.47. The van der Waals surface area contributed by atoms with Gasteiger partial charge in [-0.3, -0.25) is 0 Å². The lowest BCUT2D eigenvalue weighted by Gasteiger charge is -2.18. The number of benzene rings is 2. The zero-order valence-electron chi connectivity index (χ0n) is 21.4. The predicted molar refractivity (Wildman–Crippen MR) is 140 cm³/mol. The Morgan fingerprint density at radius 1 is 1.00 bits per heavy atom. The van der Waals surface area contributed by atoms with Crippen LogP contribution in [0.4, 0.5) is 0 Å². The normalized spacial score (nSPS) is 12.6. The lowest BCUT2D eigenvalue weighted by atomic mass is 9.87. The number of aliphatic hydroxyl groups excluding tert-OH is 1. The van der Waals surface area contributed by atoms with E-state index in [1.165, 1.54) is 24.5 Å². The van der Waals surface area contributed by atoms with Gasteiger partial charge in [-0.25, -0.2) is 0 Å². The third-order valence-corrected chi connectivity index (χ3v) is 5.79. The first-order valence-corrected chi connectivity index (χ1v) is 11.6. The standard InChI is InChI=1S/C13H20O.C11H12O2.C5H12/c1-5-10(2)11(3)12-6-8-13(14-4)9-7-12;1-3-8-9(10(12)4-2)6-5-7-11(8)13;1-4-5(2)3/h6-11H,5H2,1-4H3;3-7,12-13H,1H2,2H3;5H,4H2,1-3H3/b;10-4+;. The molecule has 2 aromatic carbocycles. The van der Waals surface area contributed by atoms with Gasteiger partial charge >= 0.3 is 0 Å². The van der Waals surface area contributed by atoms with Gasteiger partial charge in [-0.1, -0.05) is 91.3 Å². The molecule has 32 heavy (non-hydrogen) atoms. The van der Waals surface area contributed by atoms with Crippen LogP contribution in [0.3, 0.4) is 0 Å². The molecule has 2 N–H and O–H groups in total. The molecule has 2 aromatic rings. The summed E-state index contributed by atoms with van der Waals surface area (Å²) >= 11 is 0. The minimum atomic E-state index is 0.126. The number of aliphatic hydroxyl groups is 1. The minimum Gasteiger partial charge on any atom is -0.508 e. The van der Waals surface area contributed by atoms with Gasteiger partial charge in [0.25, 0.3) is 0 Å². The molecule has 0 aromatic heterocycles. The van der Waals surface area contributed by atoms with Gasteiger partial charge in [-0.2, -0.15) is 0 Å². The Morgan fingerprint density at radius 2 is 1.56 bits per heavy atom. The van der Waals surface area contributed by atoms with E-state index in [1.54, 1.807) is 38.3 Å². The second-order valence-electron chi connectivity index (χ2n) is 8.37. The fourth-order valence-electron chi connectivity index (χ4n) is 2.74. The van der Waals surface area contributed by atoms with Crippen LogP contribution in [-0.4, -0.2) is 17.3 Å². The molecular formula is C29H44O3. The third-order valence-electron chi connectivity index (χ3n) is 5.79. The van der Waals surface area contributed by atoms with E-state index in [9.17, 15) is 10.2 Å². The largest absolute Gasteiger partial charge is 0.508 e. The molecule has 0 saturated carbocycles. The molecule has 2 atom stereocenters. The second-order valence-corrected chi connectivity index (χ2v) is 8.37. The van der Waals surface area contributed by atoms with Gasteiger partial charge < -0.3 is 14.9 Å². The molecule has 178 valence electrons. The zero-order chi connectivity index (χ0) is 24.7. The molecule has 3 nitrogen and oxygen atoms in total. The highest BCUT2D eigenvalue weighted by atomic mass is 16.5. The lowest BCUT2D eigenvalue weighted by Crippen LogP contribution is -2.04. The highest BCUT2D eigenvalue weighted by Crippen LogP contribution is 2.27. The Kier molecular flexibility index (Phi) is 14.7. The first kappa shape index (κ1) is 29.3. The van der Waals surface area contributed by atoms with E-state index in [0.29, 0.717) is 17.0 Å². The molecule has 0 spiro atoms. The maximum absolute atomic E-state index is 9.47. The molecule has 0 bridgehead atoms. The van der Waals surface area contributed by atoms with Gasteiger partial charge in [0, 0.05) is 11.1 Å². The van der Waals surface area contributed by atoms with E-state index >= 15 is 0 Å². The van der Waals surface area contributed by atoms with Gasteiger partial charge in [0.15, 0.2) is 0 Å². The molecule has 0 radical (unpaired) electrons. The second kappa shape index (κ2) is 16.0. The van der Waals surface area contributed by atoms with Crippen molar-refractivity contribution in [3.63, 3.8) is 0 Å². The van der Waals surface area contributed by atoms with E-state index < -0.39 is 0 Å². The number of aromatic hydroxyl groups is 1. The molecular weight excluding hydrogens is 396 g/mol. The van der Waals surface area contributed by atoms with Gasteiger partial charge in [-0.05, 0) is 54.5 Å². The van der Waals surface area contributed by atoms with Crippen LogP contribution in [0.1, 0.15) is 83.9 Å². The van der Waals surface area contributed by atoms with E-state index in [1.807, 2.05) is 12.1 Å². The number of rotatable bonds is 7. The summed E-state index contributed by atoms with van der Waals surface area (Å²) in [6, 6.07) is 13.4. The van der Waals surface area contributed by atoms with Crippen LogP contribution in [0.25, 0.3) is 11.8 Å². The summed E-state index contributed by atoms with van der Waals surface area (Å²) in [7, 11) is 1.70. The van der Waals surface area contributed by atoms with E-state index in [4.69, 9.17) is 4.74 Å². The summed E-state index contributed by atoms with van der Waals surface area (Å²) in [4.78, 5) is 0. The number of hydrogen-bond acceptors (Lipinski definition) is 3. The van der Waals surface area contributed by atoms with Crippen molar-refractivity contribution in [3.8, 4) is 11.5 Å². The molecule has 0 aliphatic rings. The number of allylic oxidation sites excluding steroid dienone is 1. The number of phenols is 1. The number of phenolic OH excluding ortho intramolecular Hbond substituents is 1. The minimum absolute atomic E-state index is 0.126. The smallest absolute Gasteiger partial charge is 0.123 e. The molecule has 0 aliphatic carbocycles. The predicted octanol–water partition coefficient (Wildman–Crippen LogP) is 8.85. The highest BCUT2D eigenvalue weighted by molar-refractivity contribution is 5.72. The van der Waals surface area contributed by atoms with Crippen molar-refractivity contribution in [2.45, 2.75) is 67.2 Å². The molecule has 2 rings (SSSR count). The number of ether oxygens (including phenoxy) is 1. The summed E-state index contributed by atoms with van der Waals surface area (Å²) in [6.45, 7) is 18.8. The van der Waals surface area contributed by atoms with Crippen molar-refractivity contribution in [1.82, 2.24) is 0 Å². The Balaban J connectivity index is 0.000000499. The van der Waals surface area contributed by atoms with Crippen molar-refractivity contribution in [1.29, 1.82) is 0 Å². The molecule has 0 fully saturated rings. The van der Waals surface area contributed by atoms with Gasteiger partial charge in [0.05, 0.1) is 7.11 Å². The summed E-state index contributed by atoms with van der Waals surface area (Å²) in [5.41, 5.74) is 2.55. The van der Waals surface area contributed by atoms with Crippen LogP contribution in [0.15, 0.2) is 55.1 Å². The topological polar surface area (TPSA) is 49.7 Å². The number of hydrogen-bond donors (Lipinski definition) is 2. The van der Waals surface area contributed by atoms with Crippen LogP contribution < -0.4 is 4.74 Å². The van der Waals surface area contributed by atoms with Crippen LogP contribution in [-0.2, 0) is 0 Å². The Morgan fingerprint density at radius 3 is 1.97 bits per heavy atom. The molecule has 0 amide bonds. The quantitative estimate of drug-likeness (QED) is 0.423. The van der Waals surface area contributed by atoms with Crippen LogP contribution >= 0.6 is 0 Å². The van der Waals surface area contributed by atoms with Crippen molar-refractivity contribution in [3.05, 3.63) is 71.8 Å². The summed E-state index contributed by atoms with van der Waals surface area (Å²) < 4.78 is 5.14. The Labute approximate surface area is 196 Å². The SMILES string of the molecule is C=Cc1c(O)cccc1/C(O)=C\C.CCC(C)C.CCC(C)C(C)c1ccc(OC)cc1. The first-order valence-electron chi connectivity index (χ1n) is 11.6. The average molecular weight is 441 g/mol. The van der Waals surface area contributed by atoms with E-state index in [-0.39, 0.29) is 11.5 Å².